The van der Waals surface area contributed by atoms with Gasteiger partial charge in [0.2, 0.25) is 6.71 Å². The fourth-order valence-electron chi connectivity index (χ4n) is 2.51. The Hall–Kier alpha value is -2.24. The Bertz CT molecular complexity index is 885. The first kappa shape index (κ1) is 23.0. The lowest BCUT2D eigenvalue weighted by Crippen LogP contribution is -2.50. The molecule has 0 fully saturated rings. The maximum Gasteiger partial charge on any atom is 0.249 e. The Morgan fingerprint density at radius 1 is 0.483 bits per heavy atom. The van der Waals surface area contributed by atoms with E-state index in [0.717, 1.165) is 0 Å². The molecule has 0 N–H and O–H groups in total. The van der Waals surface area contributed by atoms with Crippen LogP contribution in [0.25, 0.3) is 0 Å². The second-order valence-electron chi connectivity index (χ2n) is 7.17. The van der Waals surface area contributed by atoms with Gasteiger partial charge in [-0.25, -0.2) is 43.9 Å². The molecule has 0 nitrogen and oxygen atoms in total. The summed E-state index contributed by atoms with van der Waals surface area (Å²) < 4.78 is 138. The van der Waals surface area contributed by atoms with E-state index in [4.69, 9.17) is 0 Å². The average Bonchev–Trinajstić information content (AvgIpc) is 2.64. The van der Waals surface area contributed by atoms with Crippen LogP contribution in [-0.4, -0.2) is 14.8 Å². The molecule has 0 amide bonds. The first-order valence-corrected chi connectivity index (χ1v) is 11.5. The predicted molar refractivity (Wildman–Crippen MR) is 90.0 cm³/mol. The molecule has 0 bridgehead atoms. The number of halogens is 10. The first-order chi connectivity index (χ1) is 13.2. The lowest BCUT2D eigenvalue weighted by atomic mass is 9.40. The van der Waals surface area contributed by atoms with Crippen molar-refractivity contribution in [1.82, 2.24) is 0 Å². The molecule has 0 aliphatic carbocycles. The van der Waals surface area contributed by atoms with Gasteiger partial charge in [-0.3, -0.25) is 0 Å². The quantitative estimate of drug-likeness (QED) is 0.279. The number of hydrogen-bond donors (Lipinski definition) is 0. The van der Waals surface area contributed by atoms with Crippen LogP contribution in [0.3, 0.4) is 0 Å². The average molecular weight is 444 g/mol. The summed E-state index contributed by atoms with van der Waals surface area (Å²) in [5.41, 5.74) is -2.27. The third kappa shape index (κ3) is 4.07. The maximum atomic E-state index is 14.3. The molecule has 2 rings (SSSR count). The standard InChI is InChI=1S/C17H11BF10Si/c1-29(2,3)5-4-18(6-8(19)12(23)16(27)13(24)9(6)20)7-10(21)14(25)17(28)15(26)11(7)22/h4-5H,1-3H3/b5-4+. The van der Waals surface area contributed by atoms with Crippen LogP contribution in [0.1, 0.15) is 0 Å². The van der Waals surface area contributed by atoms with Crippen molar-refractivity contribution in [2.45, 2.75) is 19.6 Å². The summed E-state index contributed by atoms with van der Waals surface area (Å²) in [7, 11) is -2.33. The monoisotopic (exact) mass is 444 g/mol. The van der Waals surface area contributed by atoms with Crippen molar-refractivity contribution in [1.29, 1.82) is 0 Å². The number of rotatable bonds is 4. The molecule has 0 heterocycles. The van der Waals surface area contributed by atoms with E-state index in [-0.39, 0.29) is 0 Å². The molecule has 12 heteroatoms. The lowest BCUT2D eigenvalue weighted by Gasteiger charge is -2.18. The molecule has 2 aromatic rings. The van der Waals surface area contributed by atoms with E-state index in [1.807, 2.05) is 0 Å². The molecule has 0 radical (unpaired) electrons. The summed E-state index contributed by atoms with van der Waals surface area (Å²) >= 11 is 0. The normalized spacial score (nSPS) is 12.2. The summed E-state index contributed by atoms with van der Waals surface area (Å²) in [5, 5.41) is 0. The van der Waals surface area contributed by atoms with Crippen LogP contribution < -0.4 is 10.9 Å². The minimum absolute atomic E-state index is 0.669. The van der Waals surface area contributed by atoms with Gasteiger partial charge in [0, 0.05) is 10.9 Å². The summed E-state index contributed by atoms with van der Waals surface area (Å²) in [5.74, 6) is -23.9. The van der Waals surface area contributed by atoms with Gasteiger partial charge in [0.15, 0.2) is 58.2 Å². The molecule has 0 spiro atoms. The molecular weight excluding hydrogens is 433 g/mol. The van der Waals surface area contributed by atoms with Gasteiger partial charge in [-0.05, 0) is 0 Å². The van der Waals surface area contributed by atoms with Crippen molar-refractivity contribution in [3.05, 3.63) is 69.8 Å². The third-order valence-corrected chi connectivity index (χ3v) is 5.09. The molecular formula is C17H11BF10Si. The molecule has 2 aromatic carbocycles. The van der Waals surface area contributed by atoms with Gasteiger partial charge in [-0.1, -0.05) is 19.6 Å². The Kier molecular flexibility index (Phi) is 6.26. The van der Waals surface area contributed by atoms with E-state index < -0.39 is 83.9 Å². The summed E-state index contributed by atoms with van der Waals surface area (Å²) in [6.07, 6.45) is 0. The molecule has 0 saturated carbocycles. The minimum Gasteiger partial charge on any atom is -0.204 e. The van der Waals surface area contributed by atoms with Crippen molar-refractivity contribution < 1.29 is 43.9 Å². The lowest BCUT2D eigenvalue weighted by molar-refractivity contribution is 0.382. The number of hydrogen-bond acceptors (Lipinski definition) is 0. The fourth-order valence-corrected chi connectivity index (χ4v) is 3.28. The van der Waals surface area contributed by atoms with Gasteiger partial charge >= 0.3 is 0 Å². The first-order valence-electron chi connectivity index (χ1n) is 7.92. The molecule has 0 aliphatic heterocycles. The van der Waals surface area contributed by atoms with Crippen LogP contribution in [-0.2, 0) is 0 Å². The van der Waals surface area contributed by atoms with Crippen molar-refractivity contribution >= 4 is 25.7 Å². The Balaban J connectivity index is 2.99. The van der Waals surface area contributed by atoms with E-state index in [9.17, 15) is 43.9 Å². The highest BCUT2D eigenvalue weighted by molar-refractivity contribution is 6.91. The van der Waals surface area contributed by atoms with Crippen molar-refractivity contribution in [3.63, 3.8) is 0 Å². The summed E-state index contributed by atoms with van der Waals surface area (Å²) in [4.78, 5) is 0. The van der Waals surface area contributed by atoms with E-state index in [0.29, 0.717) is 5.98 Å². The summed E-state index contributed by atoms with van der Waals surface area (Å²) in [6.45, 7) is 2.43. The second kappa shape index (κ2) is 7.88. The highest BCUT2D eigenvalue weighted by atomic mass is 28.3. The molecule has 156 valence electrons. The van der Waals surface area contributed by atoms with E-state index in [2.05, 4.69) is 0 Å². The molecule has 0 aromatic heterocycles. The SMILES string of the molecule is C[Si](C)(C)/C=C/B(c1c(F)c(F)c(F)c(F)c1F)c1c(F)c(F)c(F)c(F)c1F. The fraction of sp³-hybridized carbons (Fsp3) is 0.176. The summed E-state index contributed by atoms with van der Waals surface area (Å²) in [6, 6.07) is 0. The molecule has 29 heavy (non-hydrogen) atoms. The second-order valence-corrected chi connectivity index (χ2v) is 12.2. The van der Waals surface area contributed by atoms with Crippen LogP contribution in [0, 0.1) is 58.2 Å². The van der Waals surface area contributed by atoms with Crippen LogP contribution in [0.4, 0.5) is 43.9 Å². The van der Waals surface area contributed by atoms with Gasteiger partial charge in [0.1, 0.15) is 0 Å². The zero-order valence-corrected chi connectivity index (χ0v) is 16.0. The van der Waals surface area contributed by atoms with Gasteiger partial charge in [0.05, 0.1) is 8.07 Å². The van der Waals surface area contributed by atoms with E-state index in [1.54, 1.807) is 19.6 Å². The van der Waals surface area contributed by atoms with Gasteiger partial charge in [-0.2, -0.15) is 0 Å². The molecule has 0 saturated heterocycles. The van der Waals surface area contributed by atoms with E-state index in [1.165, 1.54) is 5.70 Å². The third-order valence-electron chi connectivity index (χ3n) is 3.90. The van der Waals surface area contributed by atoms with Crippen molar-refractivity contribution in [3.8, 4) is 0 Å². The highest BCUT2D eigenvalue weighted by Crippen LogP contribution is 2.21. The Morgan fingerprint density at radius 3 is 0.966 bits per heavy atom. The van der Waals surface area contributed by atoms with Crippen LogP contribution in [0.15, 0.2) is 11.7 Å². The van der Waals surface area contributed by atoms with E-state index >= 15 is 0 Å². The van der Waals surface area contributed by atoms with Crippen molar-refractivity contribution in [2.24, 2.45) is 0 Å². The predicted octanol–water partition coefficient (Wildman–Crippen LogP) is 4.66. The zero-order chi connectivity index (χ0) is 22.4. The Labute approximate surface area is 159 Å². The smallest absolute Gasteiger partial charge is 0.204 e. The van der Waals surface area contributed by atoms with Crippen molar-refractivity contribution in [2.75, 3.05) is 0 Å². The zero-order valence-electron chi connectivity index (χ0n) is 15.0. The van der Waals surface area contributed by atoms with Crippen LogP contribution >= 0.6 is 0 Å². The van der Waals surface area contributed by atoms with Gasteiger partial charge in [-0.15, -0.1) is 11.7 Å². The van der Waals surface area contributed by atoms with Gasteiger partial charge < -0.3 is 0 Å². The Morgan fingerprint density at radius 2 is 0.724 bits per heavy atom. The molecule has 0 aliphatic rings. The molecule has 0 unspecified atom stereocenters. The maximum absolute atomic E-state index is 14.3. The van der Waals surface area contributed by atoms with Crippen LogP contribution in [0.2, 0.25) is 19.6 Å². The number of benzene rings is 2. The largest absolute Gasteiger partial charge is 0.249 e. The minimum atomic E-state index is -2.53. The van der Waals surface area contributed by atoms with Gasteiger partial charge in [0.25, 0.3) is 0 Å². The molecule has 0 atom stereocenters. The highest BCUT2D eigenvalue weighted by Gasteiger charge is 2.38. The topological polar surface area (TPSA) is 0 Å². The van der Waals surface area contributed by atoms with Crippen LogP contribution in [0.5, 0.6) is 0 Å².